The maximum Gasteiger partial charge on any atom is 0.234 e. The molecule has 0 aromatic heterocycles. The molecule has 0 radical (unpaired) electrons. The number of benzene rings is 1. The largest absolute Gasteiger partial charge is 0.351 e. The minimum atomic E-state index is 0.0233. The molecule has 0 saturated heterocycles. The molecule has 88 valence electrons. The van der Waals surface area contributed by atoms with E-state index in [0.717, 1.165) is 0 Å². The Labute approximate surface area is 101 Å². The molecule has 0 saturated carbocycles. The SMILES string of the molecule is CNCC(=O)NCc1ccc(C)cc1SC. The molecule has 1 aromatic rings. The second-order valence-corrected chi connectivity index (χ2v) is 4.47. The molecular formula is C12H18N2OS. The second-order valence-electron chi connectivity index (χ2n) is 3.62. The third-order valence-corrected chi connectivity index (χ3v) is 3.08. The molecule has 0 bridgehead atoms. The maximum absolute atomic E-state index is 11.3. The molecule has 0 heterocycles. The number of carbonyl (C=O) groups excluding carboxylic acids is 1. The summed E-state index contributed by atoms with van der Waals surface area (Å²) in [5.41, 5.74) is 2.41. The van der Waals surface area contributed by atoms with Gasteiger partial charge in [-0.15, -0.1) is 11.8 Å². The first kappa shape index (κ1) is 13.1. The molecule has 2 N–H and O–H groups in total. The van der Waals surface area contributed by atoms with Gasteiger partial charge in [0.25, 0.3) is 0 Å². The zero-order chi connectivity index (χ0) is 12.0. The van der Waals surface area contributed by atoms with E-state index in [-0.39, 0.29) is 5.91 Å². The molecule has 0 aliphatic rings. The van der Waals surface area contributed by atoms with Gasteiger partial charge in [0, 0.05) is 11.4 Å². The van der Waals surface area contributed by atoms with Crippen LogP contribution < -0.4 is 10.6 Å². The monoisotopic (exact) mass is 238 g/mol. The minimum Gasteiger partial charge on any atom is -0.351 e. The van der Waals surface area contributed by atoms with E-state index in [0.29, 0.717) is 13.1 Å². The number of nitrogens with one attached hydrogen (secondary N) is 2. The Balaban J connectivity index is 2.63. The van der Waals surface area contributed by atoms with E-state index in [1.807, 2.05) is 6.26 Å². The lowest BCUT2D eigenvalue weighted by Gasteiger charge is -2.09. The van der Waals surface area contributed by atoms with Crippen molar-refractivity contribution in [2.75, 3.05) is 19.8 Å². The topological polar surface area (TPSA) is 41.1 Å². The smallest absolute Gasteiger partial charge is 0.234 e. The van der Waals surface area contributed by atoms with Gasteiger partial charge in [-0.3, -0.25) is 4.79 Å². The average molecular weight is 238 g/mol. The molecule has 0 aliphatic carbocycles. The maximum atomic E-state index is 11.3. The van der Waals surface area contributed by atoms with Crippen LogP contribution in [0.3, 0.4) is 0 Å². The Morgan fingerprint density at radius 2 is 2.19 bits per heavy atom. The summed E-state index contributed by atoms with van der Waals surface area (Å²) in [6.45, 7) is 3.03. The van der Waals surface area contributed by atoms with Crippen molar-refractivity contribution < 1.29 is 4.79 Å². The number of hydrogen-bond acceptors (Lipinski definition) is 3. The number of hydrogen-bond donors (Lipinski definition) is 2. The Morgan fingerprint density at radius 3 is 2.81 bits per heavy atom. The van der Waals surface area contributed by atoms with Crippen LogP contribution in [0, 0.1) is 6.92 Å². The highest BCUT2D eigenvalue weighted by atomic mass is 32.2. The van der Waals surface area contributed by atoms with Gasteiger partial charge in [0.1, 0.15) is 0 Å². The number of likely N-dealkylation sites (N-methyl/N-ethyl adjacent to an activating group) is 1. The number of carbonyl (C=O) groups is 1. The van der Waals surface area contributed by atoms with E-state index in [2.05, 4.69) is 35.8 Å². The first-order valence-corrected chi connectivity index (χ1v) is 6.44. The first-order chi connectivity index (χ1) is 7.67. The van der Waals surface area contributed by atoms with Crippen LogP contribution >= 0.6 is 11.8 Å². The number of aryl methyl sites for hydroxylation is 1. The van der Waals surface area contributed by atoms with Crippen molar-refractivity contribution in [2.24, 2.45) is 0 Å². The minimum absolute atomic E-state index is 0.0233. The molecule has 3 nitrogen and oxygen atoms in total. The lowest BCUT2D eigenvalue weighted by atomic mass is 10.1. The summed E-state index contributed by atoms with van der Waals surface area (Å²) in [4.78, 5) is 12.5. The quantitative estimate of drug-likeness (QED) is 0.765. The zero-order valence-corrected chi connectivity index (χ0v) is 10.8. The zero-order valence-electron chi connectivity index (χ0n) is 9.96. The highest BCUT2D eigenvalue weighted by Crippen LogP contribution is 2.21. The van der Waals surface area contributed by atoms with Gasteiger partial charge in [0.05, 0.1) is 6.54 Å². The van der Waals surface area contributed by atoms with Crippen LogP contribution in [-0.4, -0.2) is 25.8 Å². The summed E-state index contributed by atoms with van der Waals surface area (Å²) in [5, 5.41) is 5.70. The molecule has 0 atom stereocenters. The summed E-state index contributed by atoms with van der Waals surface area (Å²) in [6, 6.07) is 6.28. The van der Waals surface area contributed by atoms with Gasteiger partial charge in [-0.25, -0.2) is 0 Å². The van der Waals surface area contributed by atoms with Gasteiger partial charge in [-0.05, 0) is 37.4 Å². The van der Waals surface area contributed by atoms with Crippen molar-refractivity contribution >= 4 is 17.7 Å². The van der Waals surface area contributed by atoms with Crippen LogP contribution in [0.4, 0.5) is 0 Å². The summed E-state index contributed by atoms with van der Waals surface area (Å²) in [7, 11) is 1.76. The average Bonchev–Trinajstić information content (AvgIpc) is 2.27. The number of thioether (sulfide) groups is 1. The fourth-order valence-electron chi connectivity index (χ4n) is 1.41. The fourth-order valence-corrected chi connectivity index (χ4v) is 2.12. The van der Waals surface area contributed by atoms with E-state index in [9.17, 15) is 4.79 Å². The van der Waals surface area contributed by atoms with Crippen molar-refractivity contribution in [3.05, 3.63) is 29.3 Å². The van der Waals surface area contributed by atoms with Crippen LogP contribution in [-0.2, 0) is 11.3 Å². The normalized spacial score (nSPS) is 10.2. The summed E-state index contributed by atoms with van der Waals surface area (Å²) >= 11 is 1.71. The van der Waals surface area contributed by atoms with Gasteiger partial charge < -0.3 is 10.6 Å². The molecule has 0 spiro atoms. The molecule has 0 aliphatic heterocycles. The van der Waals surface area contributed by atoms with Crippen molar-refractivity contribution in [3.8, 4) is 0 Å². The first-order valence-electron chi connectivity index (χ1n) is 5.22. The van der Waals surface area contributed by atoms with E-state index >= 15 is 0 Å². The molecule has 1 aromatic carbocycles. The number of rotatable bonds is 5. The van der Waals surface area contributed by atoms with Crippen molar-refractivity contribution in [3.63, 3.8) is 0 Å². The van der Waals surface area contributed by atoms with E-state index in [4.69, 9.17) is 0 Å². The second kappa shape index (κ2) is 6.55. The van der Waals surface area contributed by atoms with Crippen LogP contribution in [0.1, 0.15) is 11.1 Å². The third kappa shape index (κ3) is 3.87. The van der Waals surface area contributed by atoms with Crippen LogP contribution in [0.2, 0.25) is 0 Å². The fraction of sp³-hybridized carbons (Fsp3) is 0.417. The molecule has 4 heteroatoms. The van der Waals surface area contributed by atoms with Gasteiger partial charge >= 0.3 is 0 Å². The van der Waals surface area contributed by atoms with E-state index < -0.39 is 0 Å². The predicted octanol–water partition coefficient (Wildman–Crippen LogP) is 1.55. The Bertz CT molecular complexity index is 366. The third-order valence-electron chi connectivity index (χ3n) is 2.26. The van der Waals surface area contributed by atoms with Gasteiger partial charge in [0.2, 0.25) is 5.91 Å². The predicted molar refractivity (Wildman–Crippen MR) is 68.7 cm³/mol. The standard InChI is InChI=1S/C12H18N2OS/c1-9-4-5-10(11(6-9)16-3)7-14-12(15)8-13-2/h4-6,13H,7-8H2,1-3H3,(H,14,15). The Morgan fingerprint density at radius 1 is 1.44 bits per heavy atom. The van der Waals surface area contributed by atoms with Gasteiger partial charge in [0.15, 0.2) is 0 Å². The highest BCUT2D eigenvalue weighted by Gasteiger charge is 2.04. The molecule has 0 unspecified atom stereocenters. The Kier molecular flexibility index (Phi) is 5.35. The summed E-state index contributed by atoms with van der Waals surface area (Å²) in [5.74, 6) is 0.0233. The molecule has 0 fully saturated rings. The van der Waals surface area contributed by atoms with Crippen molar-refractivity contribution in [2.45, 2.75) is 18.4 Å². The van der Waals surface area contributed by atoms with Crippen molar-refractivity contribution in [1.29, 1.82) is 0 Å². The lowest BCUT2D eigenvalue weighted by molar-refractivity contribution is -0.120. The molecule has 16 heavy (non-hydrogen) atoms. The van der Waals surface area contributed by atoms with Crippen LogP contribution in [0.5, 0.6) is 0 Å². The molecule has 1 rings (SSSR count). The van der Waals surface area contributed by atoms with Crippen LogP contribution in [0.15, 0.2) is 23.1 Å². The lowest BCUT2D eigenvalue weighted by Crippen LogP contribution is -2.31. The summed E-state index contributed by atoms with van der Waals surface area (Å²) in [6.07, 6.45) is 2.05. The summed E-state index contributed by atoms with van der Waals surface area (Å²) < 4.78 is 0. The van der Waals surface area contributed by atoms with Crippen LogP contribution in [0.25, 0.3) is 0 Å². The Hall–Kier alpha value is -1.00. The van der Waals surface area contributed by atoms with Gasteiger partial charge in [-0.1, -0.05) is 12.1 Å². The molecular weight excluding hydrogens is 220 g/mol. The van der Waals surface area contributed by atoms with E-state index in [1.54, 1.807) is 18.8 Å². The highest BCUT2D eigenvalue weighted by molar-refractivity contribution is 7.98. The number of amides is 1. The molecule has 1 amide bonds. The van der Waals surface area contributed by atoms with Crippen molar-refractivity contribution in [1.82, 2.24) is 10.6 Å². The van der Waals surface area contributed by atoms with E-state index in [1.165, 1.54) is 16.0 Å². The van der Waals surface area contributed by atoms with Gasteiger partial charge in [-0.2, -0.15) is 0 Å².